The molecule has 0 radical (unpaired) electrons. The third-order valence-corrected chi connectivity index (χ3v) is 3.37. The summed E-state index contributed by atoms with van der Waals surface area (Å²) in [5.74, 6) is -0.503. The SMILES string of the molecule is O=C(O)C1C=Cc2ccccc2SC1. The minimum Gasteiger partial charge on any atom is -0.481 e. The highest BCUT2D eigenvalue weighted by Gasteiger charge is 2.17. The average Bonchev–Trinajstić information content (AvgIpc) is 2.39. The fourth-order valence-corrected chi connectivity index (χ4v) is 2.45. The van der Waals surface area contributed by atoms with E-state index < -0.39 is 5.97 Å². The molecule has 1 atom stereocenters. The number of carboxylic acids is 1. The molecular formula is C11H10O2S. The van der Waals surface area contributed by atoms with Crippen molar-refractivity contribution < 1.29 is 9.90 Å². The van der Waals surface area contributed by atoms with Crippen LogP contribution >= 0.6 is 11.8 Å². The Bertz CT molecular complexity index is 385. The quantitative estimate of drug-likeness (QED) is 0.767. The van der Waals surface area contributed by atoms with Gasteiger partial charge in [0.2, 0.25) is 0 Å². The van der Waals surface area contributed by atoms with Crippen molar-refractivity contribution in [3.05, 3.63) is 35.9 Å². The second-order valence-corrected chi connectivity index (χ2v) is 4.21. The first kappa shape index (κ1) is 9.34. The summed E-state index contributed by atoms with van der Waals surface area (Å²) in [6.07, 6.45) is 3.66. The second-order valence-electron chi connectivity index (χ2n) is 3.15. The lowest BCUT2D eigenvalue weighted by atomic mass is 10.1. The lowest BCUT2D eigenvalue weighted by Crippen LogP contribution is -2.12. The lowest BCUT2D eigenvalue weighted by Gasteiger charge is -2.04. The normalized spacial score (nSPS) is 19.9. The Morgan fingerprint density at radius 3 is 3.00 bits per heavy atom. The van der Waals surface area contributed by atoms with Crippen LogP contribution in [0, 0.1) is 5.92 Å². The van der Waals surface area contributed by atoms with Gasteiger partial charge in [-0.1, -0.05) is 30.4 Å². The van der Waals surface area contributed by atoms with Gasteiger partial charge in [0.05, 0.1) is 5.92 Å². The molecule has 0 bridgehead atoms. The number of carboxylic acid groups (broad SMARTS) is 1. The van der Waals surface area contributed by atoms with Gasteiger partial charge in [0, 0.05) is 10.6 Å². The van der Waals surface area contributed by atoms with Crippen molar-refractivity contribution in [2.24, 2.45) is 5.92 Å². The average molecular weight is 206 g/mol. The summed E-state index contributed by atoms with van der Waals surface area (Å²) in [7, 11) is 0. The molecule has 0 saturated heterocycles. The van der Waals surface area contributed by atoms with Crippen molar-refractivity contribution in [3.8, 4) is 0 Å². The van der Waals surface area contributed by atoms with Crippen molar-refractivity contribution in [1.29, 1.82) is 0 Å². The number of rotatable bonds is 1. The molecule has 1 aliphatic heterocycles. The molecule has 1 aliphatic rings. The van der Waals surface area contributed by atoms with E-state index in [-0.39, 0.29) is 5.92 Å². The van der Waals surface area contributed by atoms with E-state index in [2.05, 4.69) is 0 Å². The van der Waals surface area contributed by atoms with Crippen molar-refractivity contribution >= 4 is 23.8 Å². The van der Waals surface area contributed by atoms with E-state index in [0.29, 0.717) is 5.75 Å². The van der Waals surface area contributed by atoms with Crippen molar-refractivity contribution in [2.45, 2.75) is 4.90 Å². The van der Waals surface area contributed by atoms with Crippen LogP contribution in [0.2, 0.25) is 0 Å². The van der Waals surface area contributed by atoms with Crippen LogP contribution in [0.15, 0.2) is 35.2 Å². The Kier molecular flexibility index (Phi) is 2.59. The van der Waals surface area contributed by atoms with Gasteiger partial charge in [-0.3, -0.25) is 4.79 Å². The smallest absolute Gasteiger partial charge is 0.311 e. The van der Waals surface area contributed by atoms with Crippen LogP contribution in [0.3, 0.4) is 0 Å². The Morgan fingerprint density at radius 1 is 1.43 bits per heavy atom. The molecule has 72 valence electrons. The largest absolute Gasteiger partial charge is 0.481 e. The summed E-state index contributed by atoms with van der Waals surface area (Å²) in [4.78, 5) is 12.0. The predicted molar refractivity (Wildman–Crippen MR) is 57.3 cm³/mol. The summed E-state index contributed by atoms with van der Waals surface area (Å²) in [5, 5.41) is 8.88. The van der Waals surface area contributed by atoms with E-state index in [1.165, 1.54) is 0 Å². The van der Waals surface area contributed by atoms with Crippen LogP contribution in [-0.2, 0) is 4.79 Å². The molecule has 3 heteroatoms. The number of hydrogen-bond acceptors (Lipinski definition) is 2. The summed E-state index contributed by atoms with van der Waals surface area (Å²) in [6, 6.07) is 7.96. The van der Waals surface area contributed by atoms with Crippen LogP contribution in [0.1, 0.15) is 5.56 Å². The number of carbonyl (C=O) groups is 1. The molecule has 1 N–H and O–H groups in total. The molecule has 14 heavy (non-hydrogen) atoms. The van der Waals surface area contributed by atoms with Gasteiger partial charge in [0.1, 0.15) is 0 Å². The van der Waals surface area contributed by atoms with E-state index in [9.17, 15) is 4.79 Å². The van der Waals surface area contributed by atoms with Crippen molar-refractivity contribution in [3.63, 3.8) is 0 Å². The molecule has 0 spiro atoms. The highest BCUT2D eigenvalue weighted by molar-refractivity contribution is 7.99. The van der Waals surface area contributed by atoms with E-state index >= 15 is 0 Å². The molecule has 0 amide bonds. The Hall–Kier alpha value is -1.22. The molecular weight excluding hydrogens is 196 g/mol. The minimum atomic E-state index is -0.749. The van der Waals surface area contributed by atoms with E-state index in [4.69, 9.17) is 5.11 Å². The Morgan fingerprint density at radius 2 is 2.21 bits per heavy atom. The maximum Gasteiger partial charge on any atom is 0.311 e. The van der Waals surface area contributed by atoms with E-state index in [1.54, 1.807) is 17.8 Å². The Labute approximate surface area is 86.6 Å². The summed E-state index contributed by atoms with van der Waals surface area (Å²) in [5.41, 5.74) is 1.11. The number of aliphatic carboxylic acids is 1. The molecule has 2 rings (SSSR count). The number of benzene rings is 1. The topological polar surface area (TPSA) is 37.3 Å². The Balaban J connectivity index is 2.29. The number of hydrogen-bond donors (Lipinski definition) is 1. The van der Waals surface area contributed by atoms with Gasteiger partial charge in [-0.05, 0) is 11.6 Å². The van der Waals surface area contributed by atoms with Gasteiger partial charge in [0.15, 0.2) is 0 Å². The van der Waals surface area contributed by atoms with Gasteiger partial charge in [0.25, 0.3) is 0 Å². The molecule has 1 aromatic rings. The molecule has 0 aliphatic carbocycles. The number of fused-ring (bicyclic) bond motifs is 1. The third kappa shape index (κ3) is 1.82. The monoisotopic (exact) mass is 206 g/mol. The van der Waals surface area contributed by atoms with Crippen LogP contribution < -0.4 is 0 Å². The highest BCUT2D eigenvalue weighted by Crippen LogP contribution is 2.29. The lowest BCUT2D eigenvalue weighted by molar-refractivity contribution is -0.139. The first-order valence-electron chi connectivity index (χ1n) is 4.40. The molecule has 1 aromatic carbocycles. The van der Waals surface area contributed by atoms with Gasteiger partial charge in [-0.2, -0.15) is 0 Å². The minimum absolute atomic E-state index is 0.368. The van der Waals surface area contributed by atoms with Crippen molar-refractivity contribution in [2.75, 3.05) is 5.75 Å². The van der Waals surface area contributed by atoms with Crippen LogP contribution in [0.4, 0.5) is 0 Å². The summed E-state index contributed by atoms with van der Waals surface area (Å²) in [6.45, 7) is 0. The van der Waals surface area contributed by atoms with Gasteiger partial charge in [-0.25, -0.2) is 0 Å². The maximum absolute atomic E-state index is 10.8. The second kappa shape index (κ2) is 3.88. The zero-order valence-corrected chi connectivity index (χ0v) is 8.33. The van der Waals surface area contributed by atoms with Crippen LogP contribution in [0.5, 0.6) is 0 Å². The zero-order valence-electron chi connectivity index (χ0n) is 7.51. The zero-order chi connectivity index (χ0) is 9.97. The van der Waals surface area contributed by atoms with Gasteiger partial charge in [-0.15, -0.1) is 11.8 Å². The number of thioether (sulfide) groups is 1. The van der Waals surface area contributed by atoms with E-state index in [1.807, 2.05) is 30.3 Å². The van der Waals surface area contributed by atoms with Gasteiger partial charge >= 0.3 is 5.97 Å². The summed E-state index contributed by atoms with van der Waals surface area (Å²) < 4.78 is 0. The van der Waals surface area contributed by atoms with Gasteiger partial charge < -0.3 is 5.11 Å². The predicted octanol–water partition coefficient (Wildman–Crippen LogP) is 2.51. The fraction of sp³-hybridized carbons (Fsp3) is 0.182. The molecule has 1 unspecified atom stereocenters. The van der Waals surface area contributed by atoms with Crippen LogP contribution in [-0.4, -0.2) is 16.8 Å². The first-order valence-corrected chi connectivity index (χ1v) is 5.39. The molecule has 2 nitrogen and oxygen atoms in total. The third-order valence-electron chi connectivity index (χ3n) is 2.16. The van der Waals surface area contributed by atoms with E-state index in [0.717, 1.165) is 10.5 Å². The highest BCUT2D eigenvalue weighted by atomic mass is 32.2. The fourth-order valence-electron chi connectivity index (χ4n) is 1.36. The first-order chi connectivity index (χ1) is 6.77. The van der Waals surface area contributed by atoms with Crippen LogP contribution in [0.25, 0.3) is 6.08 Å². The maximum atomic E-state index is 10.8. The van der Waals surface area contributed by atoms with Crippen molar-refractivity contribution in [1.82, 2.24) is 0 Å². The summed E-state index contributed by atoms with van der Waals surface area (Å²) >= 11 is 1.60. The molecule has 0 saturated carbocycles. The molecule has 0 fully saturated rings. The molecule has 1 heterocycles. The standard InChI is InChI=1S/C11H10O2S/c12-11(13)9-6-5-8-3-1-2-4-10(8)14-7-9/h1-6,9H,7H2,(H,12,13). The molecule has 0 aromatic heterocycles.